The number of nitrogens with two attached hydrogens (primary N) is 1. The van der Waals surface area contributed by atoms with Crippen LogP contribution in [0.4, 0.5) is 5.82 Å². The van der Waals surface area contributed by atoms with Crippen molar-refractivity contribution in [3.63, 3.8) is 0 Å². The molecule has 4 aromatic rings. The zero-order valence-corrected chi connectivity index (χ0v) is 16.2. The van der Waals surface area contributed by atoms with Crippen LogP contribution in [0.2, 0.25) is 0 Å². The van der Waals surface area contributed by atoms with Crippen molar-refractivity contribution in [2.75, 3.05) is 18.8 Å². The van der Waals surface area contributed by atoms with Gasteiger partial charge in [-0.25, -0.2) is 4.98 Å². The van der Waals surface area contributed by atoms with E-state index in [2.05, 4.69) is 61.3 Å². The van der Waals surface area contributed by atoms with Crippen molar-refractivity contribution >= 4 is 17.0 Å². The van der Waals surface area contributed by atoms with Crippen molar-refractivity contribution in [2.45, 2.75) is 31.7 Å². The maximum absolute atomic E-state index is 5.91. The van der Waals surface area contributed by atoms with Crippen LogP contribution < -0.4 is 11.1 Å². The molecule has 1 aromatic carbocycles. The number of aromatic amines is 1. The molecular formula is C21H24N8. The smallest absolute Gasteiger partial charge is 0.203 e. The molecule has 29 heavy (non-hydrogen) atoms. The predicted molar refractivity (Wildman–Crippen MR) is 112 cm³/mol. The first-order valence-corrected chi connectivity index (χ1v) is 10.0. The molecule has 1 fully saturated rings. The summed E-state index contributed by atoms with van der Waals surface area (Å²) in [6.45, 7) is 2.96. The first kappa shape index (κ1) is 17.8. The monoisotopic (exact) mass is 388 g/mol. The van der Waals surface area contributed by atoms with E-state index >= 15 is 0 Å². The molecule has 0 aliphatic carbocycles. The maximum Gasteiger partial charge on any atom is 0.203 e. The van der Waals surface area contributed by atoms with Gasteiger partial charge in [0, 0.05) is 12.6 Å². The normalized spacial score (nSPS) is 15.2. The number of nitrogen functional groups attached to an aromatic ring is 1. The summed E-state index contributed by atoms with van der Waals surface area (Å²) < 4.78 is 2.01. The molecule has 1 aliphatic heterocycles. The molecule has 3 aromatic heterocycles. The Balaban J connectivity index is 1.37. The van der Waals surface area contributed by atoms with Gasteiger partial charge in [-0.3, -0.25) is 4.68 Å². The minimum atomic E-state index is 0.449. The number of H-pyrrole nitrogens is 1. The van der Waals surface area contributed by atoms with Gasteiger partial charge in [0.15, 0.2) is 0 Å². The van der Waals surface area contributed by atoms with Crippen LogP contribution in [-0.2, 0) is 13.0 Å². The highest BCUT2D eigenvalue weighted by atomic mass is 15.3. The first-order valence-electron chi connectivity index (χ1n) is 10.0. The van der Waals surface area contributed by atoms with Crippen LogP contribution in [0.15, 0.2) is 42.7 Å². The van der Waals surface area contributed by atoms with E-state index in [-0.39, 0.29) is 0 Å². The van der Waals surface area contributed by atoms with E-state index in [1.54, 1.807) is 0 Å². The molecule has 4 N–H and O–H groups in total. The summed E-state index contributed by atoms with van der Waals surface area (Å²) in [5, 5.41) is 18.9. The number of nitrogens with one attached hydrogen (secondary N) is 2. The van der Waals surface area contributed by atoms with Gasteiger partial charge >= 0.3 is 0 Å². The van der Waals surface area contributed by atoms with Crippen LogP contribution in [0.5, 0.6) is 0 Å². The second kappa shape index (κ2) is 7.63. The molecule has 0 saturated carbocycles. The number of fused-ring (bicyclic) bond motifs is 1. The Hall–Kier alpha value is -3.26. The average Bonchev–Trinajstić information content (AvgIpc) is 3.38. The fourth-order valence-corrected chi connectivity index (χ4v) is 4.24. The Bertz CT molecular complexity index is 1120. The van der Waals surface area contributed by atoms with Gasteiger partial charge in [-0.05, 0) is 60.2 Å². The second-order valence-corrected chi connectivity index (χ2v) is 7.65. The van der Waals surface area contributed by atoms with E-state index in [1.807, 2.05) is 16.9 Å². The lowest BCUT2D eigenvalue weighted by Crippen LogP contribution is -2.27. The van der Waals surface area contributed by atoms with E-state index in [0.717, 1.165) is 36.3 Å². The highest BCUT2D eigenvalue weighted by Gasteiger charge is 2.18. The van der Waals surface area contributed by atoms with E-state index in [4.69, 9.17) is 5.73 Å². The van der Waals surface area contributed by atoms with Crippen LogP contribution in [-0.4, -0.2) is 43.3 Å². The number of hydrogen-bond acceptors (Lipinski definition) is 6. The minimum Gasteiger partial charge on any atom is -0.384 e. The summed E-state index contributed by atoms with van der Waals surface area (Å²) in [6.07, 6.45) is 7.08. The third-order valence-electron chi connectivity index (χ3n) is 5.64. The van der Waals surface area contributed by atoms with Gasteiger partial charge in [-0.1, -0.05) is 24.3 Å². The molecule has 0 amide bonds. The topological polar surface area (TPSA) is 110 Å². The number of pyridine rings is 1. The highest BCUT2D eigenvalue weighted by Crippen LogP contribution is 2.28. The van der Waals surface area contributed by atoms with Gasteiger partial charge in [0.2, 0.25) is 5.65 Å². The van der Waals surface area contributed by atoms with E-state index in [9.17, 15) is 0 Å². The van der Waals surface area contributed by atoms with Crippen molar-refractivity contribution in [3.8, 4) is 0 Å². The van der Waals surface area contributed by atoms with Crippen LogP contribution in [0.3, 0.4) is 0 Å². The SMILES string of the molecule is Nc1cc(Cc2cnn(Cc3ccccc3C3CCNCC3)c2)c2n[nH]nc2n1. The Morgan fingerprint density at radius 1 is 1.10 bits per heavy atom. The average molecular weight is 388 g/mol. The molecule has 0 atom stereocenters. The van der Waals surface area contributed by atoms with Crippen LogP contribution >= 0.6 is 0 Å². The molecule has 8 nitrogen and oxygen atoms in total. The molecule has 8 heteroatoms. The maximum atomic E-state index is 5.91. The van der Waals surface area contributed by atoms with Crippen LogP contribution in [0, 0.1) is 0 Å². The number of anilines is 1. The van der Waals surface area contributed by atoms with Crippen molar-refractivity contribution in [2.24, 2.45) is 0 Å². The van der Waals surface area contributed by atoms with E-state index in [1.165, 1.54) is 24.0 Å². The highest BCUT2D eigenvalue weighted by molar-refractivity contribution is 5.76. The molecule has 1 aliphatic rings. The van der Waals surface area contributed by atoms with Crippen molar-refractivity contribution in [1.29, 1.82) is 0 Å². The molecule has 1 saturated heterocycles. The molecule has 0 spiro atoms. The summed E-state index contributed by atoms with van der Waals surface area (Å²) >= 11 is 0. The Morgan fingerprint density at radius 2 is 1.97 bits per heavy atom. The lowest BCUT2D eigenvalue weighted by Gasteiger charge is -2.25. The Labute approximate surface area is 168 Å². The lowest BCUT2D eigenvalue weighted by atomic mass is 9.87. The Morgan fingerprint density at radius 3 is 2.86 bits per heavy atom. The molecule has 148 valence electrons. The molecule has 0 radical (unpaired) electrons. The fourth-order valence-electron chi connectivity index (χ4n) is 4.24. The number of piperidine rings is 1. The molecule has 5 rings (SSSR count). The van der Waals surface area contributed by atoms with Crippen molar-refractivity contribution in [3.05, 3.63) is 65.0 Å². The van der Waals surface area contributed by atoms with Crippen LogP contribution in [0.1, 0.15) is 41.0 Å². The lowest BCUT2D eigenvalue weighted by molar-refractivity contribution is 0.457. The summed E-state index contributed by atoms with van der Waals surface area (Å²) in [7, 11) is 0. The molecule has 0 unspecified atom stereocenters. The first-order chi connectivity index (χ1) is 14.3. The number of hydrogen-bond donors (Lipinski definition) is 3. The van der Waals surface area contributed by atoms with Crippen molar-refractivity contribution < 1.29 is 0 Å². The van der Waals surface area contributed by atoms with Gasteiger partial charge in [0.25, 0.3) is 0 Å². The third kappa shape index (κ3) is 3.71. The predicted octanol–water partition coefficient (Wildman–Crippen LogP) is 2.24. The summed E-state index contributed by atoms with van der Waals surface area (Å²) in [4.78, 5) is 4.20. The van der Waals surface area contributed by atoms with Crippen LogP contribution in [0.25, 0.3) is 11.2 Å². The third-order valence-corrected chi connectivity index (χ3v) is 5.64. The standard InChI is InChI=1S/C21H24N8/c22-19-10-17(20-21(25-19)27-28-26-20)9-14-11-24-29(12-14)13-16-3-1-2-4-18(16)15-5-7-23-8-6-15/h1-4,10-12,15,23H,5-9,13H2,(H3,22,25,26,27,28). The zero-order valence-electron chi connectivity index (χ0n) is 16.2. The number of aromatic nitrogens is 6. The number of nitrogens with zero attached hydrogens (tertiary/aromatic N) is 5. The summed E-state index contributed by atoms with van der Waals surface area (Å²) in [5.41, 5.74) is 12.1. The molecule has 4 heterocycles. The largest absolute Gasteiger partial charge is 0.384 e. The van der Waals surface area contributed by atoms with E-state index in [0.29, 0.717) is 23.8 Å². The molecule has 0 bridgehead atoms. The van der Waals surface area contributed by atoms with E-state index < -0.39 is 0 Å². The molecular weight excluding hydrogens is 364 g/mol. The summed E-state index contributed by atoms with van der Waals surface area (Å²) in [6, 6.07) is 10.6. The minimum absolute atomic E-state index is 0.449. The van der Waals surface area contributed by atoms with Gasteiger partial charge in [0.1, 0.15) is 11.3 Å². The summed E-state index contributed by atoms with van der Waals surface area (Å²) in [5.74, 6) is 1.08. The van der Waals surface area contributed by atoms with Crippen molar-refractivity contribution in [1.82, 2.24) is 35.5 Å². The van der Waals surface area contributed by atoms with Gasteiger partial charge < -0.3 is 11.1 Å². The second-order valence-electron chi connectivity index (χ2n) is 7.65. The number of benzene rings is 1. The quantitative estimate of drug-likeness (QED) is 0.484. The zero-order chi connectivity index (χ0) is 19.6. The van der Waals surface area contributed by atoms with Gasteiger partial charge in [0.05, 0.1) is 12.7 Å². The van der Waals surface area contributed by atoms with Gasteiger partial charge in [-0.2, -0.15) is 15.4 Å². The Kier molecular flexibility index (Phi) is 4.69. The fraction of sp³-hybridized carbons (Fsp3) is 0.333. The van der Waals surface area contributed by atoms with Gasteiger partial charge in [-0.15, -0.1) is 5.10 Å². The number of rotatable bonds is 5.